The monoisotopic (exact) mass is 435 g/mol. The summed E-state index contributed by atoms with van der Waals surface area (Å²) in [6.45, 7) is 0.961. The Hall–Kier alpha value is -2.94. The zero-order valence-corrected chi connectivity index (χ0v) is 19.3. The fourth-order valence-electron chi connectivity index (χ4n) is 6.14. The number of amidine groups is 1. The predicted octanol–water partition coefficient (Wildman–Crippen LogP) is 6.71. The van der Waals surface area contributed by atoms with Gasteiger partial charge in [-0.15, -0.1) is 0 Å². The summed E-state index contributed by atoms with van der Waals surface area (Å²) in [5, 5.41) is 10.1. The van der Waals surface area contributed by atoms with E-state index < -0.39 is 0 Å². The van der Waals surface area contributed by atoms with Gasteiger partial charge < -0.3 is 5.73 Å². The van der Waals surface area contributed by atoms with Gasteiger partial charge in [0.2, 0.25) is 0 Å². The average Bonchev–Trinajstić information content (AvgIpc) is 3.65. The molecule has 0 amide bonds. The number of fused-ring (bicyclic) bond motifs is 2. The van der Waals surface area contributed by atoms with Crippen molar-refractivity contribution in [2.24, 2.45) is 16.6 Å². The Labute approximate surface area is 196 Å². The Balaban J connectivity index is 1.22. The van der Waals surface area contributed by atoms with Crippen LogP contribution in [0.5, 0.6) is 0 Å². The lowest BCUT2D eigenvalue weighted by Crippen LogP contribution is -2.18. The maximum absolute atomic E-state index is 7.67. The average molecular weight is 436 g/mol. The van der Waals surface area contributed by atoms with E-state index in [2.05, 4.69) is 42.5 Å². The molecule has 6 rings (SSSR count). The number of nitrogens with two attached hydrogens (primary N) is 1. The summed E-state index contributed by atoms with van der Waals surface area (Å²) in [7, 11) is 0. The molecule has 3 aromatic rings. The molecule has 1 heterocycles. The molecule has 33 heavy (non-hydrogen) atoms. The van der Waals surface area contributed by atoms with Gasteiger partial charge in [0, 0.05) is 17.8 Å². The summed E-state index contributed by atoms with van der Waals surface area (Å²) in [6.07, 6.45) is 10.5. The highest BCUT2D eigenvalue weighted by atomic mass is 14.7. The van der Waals surface area contributed by atoms with Crippen molar-refractivity contribution in [1.29, 1.82) is 5.41 Å². The maximum atomic E-state index is 7.67. The summed E-state index contributed by atoms with van der Waals surface area (Å²) in [6, 6.07) is 20.1. The molecule has 0 bridgehead atoms. The van der Waals surface area contributed by atoms with Gasteiger partial charge in [-0.3, -0.25) is 10.4 Å². The topological polar surface area (TPSA) is 62.2 Å². The molecule has 0 spiro atoms. The normalized spacial score (nSPS) is 22.6. The molecule has 3 aliphatic rings. The smallest absolute Gasteiger partial charge is 0.122 e. The van der Waals surface area contributed by atoms with Gasteiger partial charge in [-0.2, -0.15) is 0 Å². The first kappa shape index (κ1) is 20.7. The highest BCUT2D eigenvalue weighted by Crippen LogP contribution is 2.55. The standard InChI is InChI=1S/C30H33N3/c31-30(32)25-11-8-21-15-23(10-7-22(21)16-25)26-18-27(26)24-9-6-20-12-13-33-29(28(20)17-24)14-19-4-2-1-3-5-19/h6-11,15-17,19,26-27H,1-5,12-14,18H2,(H3,31,32)/t26?,27-/m0/s1. The molecule has 3 N–H and O–H groups in total. The molecule has 2 saturated carbocycles. The van der Waals surface area contributed by atoms with Crippen LogP contribution in [0.4, 0.5) is 0 Å². The number of nitrogen functional groups attached to an aromatic ring is 1. The molecule has 2 atom stereocenters. The van der Waals surface area contributed by atoms with E-state index >= 15 is 0 Å². The van der Waals surface area contributed by atoms with Gasteiger partial charge in [-0.25, -0.2) is 0 Å². The van der Waals surface area contributed by atoms with Crippen molar-refractivity contribution >= 4 is 22.3 Å². The summed E-state index contributed by atoms with van der Waals surface area (Å²) in [5.41, 5.74) is 13.7. The van der Waals surface area contributed by atoms with E-state index in [-0.39, 0.29) is 5.84 Å². The van der Waals surface area contributed by atoms with Crippen LogP contribution >= 0.6 is 0 Å². The number of rotatable bonds is 5. The lowest BCUT2D eigenvalue weighted by atomic mass is 9.82. The molecule has 1 unspecified atom stereocenters. The van der Waals surface area contributed by atoms with Crippen LogP contribution in [-0.4, -0.2) is 18.1 Å². The fourth-order valence-corrected chi connectivity index (χ4v) is 6.14. The SMILES string of the molecule is N=C(N)c1ccc2cc(C3C[C@H]3c3ccc4c(c3)C(CC3CCCCC3)=NCC4)ccc2c1. The van der Waals surface area contributed by atoms with Gasteiger partial charge in [0.25, 0.3) is 0 Å². The largest absolute Gasteiger partial charge is 0.384 e. The van der Waals surface area contributed by atoms with Crippen molar-refractivity contribution in [1.82, 2.24) is 0 Å². The molecule has 0 radical (unpaired) electrons. The molecule has 2 aliphatic carbocycles. The lowest BCUT2D eigenvalue weighted by molar-refractivity contribution is 0.368. The first-order chi connectivity index (χ1) is 16.2. The molecule has 3 nitrogen and oxygen atoms in total. The first-order valence-corrected chi connectivity index (χ1v) is 12.7. The van der Waals surface area contributed by atoms with Crippen molar-refractivity contribution in [3.63, 3.8) is 0 Å². The van der Waals surface area contributed by atoms with Crippen LogP contribution in [0, 0.1) is 11.3 Å². The number of hydrogen-bond donors (Lipinski definition) is 2. The Morgan fingerprint density at radius 3 is 2.42 bits per heavy atom. The van der Waals surface area contributed by atoms with Gasteiger partial charge in [-0.1, -0.05) is 74.6 Å². The number of hydrogen-bond acceptors (Lipinski definition) is 2. The lowest BCUT2D eigenvalue weighted by Gasteiger charge is -2.25. The quantitative estimate of drug-likeness (QED) is 0.339. The van der Waals surface area contributed by atoms with Crippen molar-refractivity contribution in [2.75, 3.05) is 6.54 Å². The van der Waals surface area contributed by atoms with E-state index in [1.807, 2.05) is 12.1 Å². The highest BCUT2D eigenvalue weighted by molar-refractivity contribution is 6.03. The van der Waals surface area contributed by atoms with E-state index in [1.54, 1.807) is 0 Å². The van der Waals surface area contributed by atoms with Gasteiger partial charge in [-0.05, 0) is 82.2 Å². The van der Waals surface area contributed by atoms with E-state index in [9.17, 15) is 0 Å². The van der Waals surface area contributed by atoms with Gasteiger partial charge in [0.1, 0.15) is 5.84 Å². The van der Waals surface area contributed by atoms with Crippen LogP contribution in [0.15, 0.2) is 59.6 Å². The zero-order valence-electron chi connectivity index (χ0n) is 19.3. The van der Waals surface area contributed by atoms with Crippen LogP contribution in [0.25, 0.3) is 10.8 Å². The molecule has 3 heteroatoms. The van der Waals surface area contributed by atoms with Gasteiger partial charge in [0.05, 0.1) is 0 Å². The second-order valence-corrected chi connectivity index (χ2v) is 10.4. The third-order valence-electron chi connectivity index (χ3n) is 8.16. The van der Waals surface area contributed by atoms with Crippen molar-refractivity contribution < 1.29 is 0 Å². The van der Waals surface area contributed by atoms with Crippen molar-refractivity contribution in [3.05, 3.63) is 82.4 Å². The Morgan fingerprint density at radius 2 is 1.61 bits per heavy atom. The van der Waals surface area contributed by atoms with Gasteiger partial charge >= 0.3 is 0 Å². The molecule has 3 aromatic carbocycles. The molecule has 1 aliphatic heterocycles. The third kappa shape index (κ3) is 4.10. The molecule has 2 fully saturated rings. The number of aliphatic imine (C=N–C) groups is 1. The Bertz CT molecular complexity index is 1250. The summed E-state index contributed by atoms with van der Waals surface area (Å²) < 4.78 is 0. The number of benzene rings is 3. The molecular weight excluding hydrogens is 402 g/mol. The van der Waals surface area contributed by atoms with Crippen LogP contribution in [0.3, 0.4) is 0 Å². The minimum absolute atomic E-state index is 0.127. The highest BCUT2D eigenvalue weighted by Gasteiger charge is 2.40. The minimum Gasteiger partial charge on any atom is -0.384 e. The van der Waals surface area contributed by atoms with Crippen LogP contribution in [0.2, 0.25) is 0 Å². The van der Waals surface area contributed by atoms with Crippen molar-refractivity contribution in [2.45, 2.75) is 63.2 Å². The number of nitrogens with one attached hydrogen (secondary N) is 1. The minimum atomic E-state index is 0.127. The van der Waals surface area contributed by atoms with Crippen molar-refractivity contribution in [3.8, 4) is 0 Å². The first-order valence-electron chi connectivity index (χ1n) is 12.7. The predicted molar refractivity (Wildman–Crippen MR) is 138 cm³/mol. The summed E-state index contributed by atoms with van der Waals surface area (Å²) in [5.74, 6) is 2.17. The second kappa shape index (κ2) is 8.44. The fraction of sp³-hybridized carbons (Fsp3) is 0.400. The number of nitrogens with zero attached hydrogens (tertiary/aromatic N) is 1. The van der Waals surface area contributed by atoms with Crippen LogP contribution in [0.1, 0.15) is 84.6 Å². The maximum Gasteiger partial charge on any atom is 0.122 e. The molecule has 168 valence electrons. The van der Waals surface area contributed by atoms with E-state index in [1.165, 1.54) is 78.3 Å². The molecular formula is C30H33N3. The summed E-state index contributed by atoms with van der Waals surface area (Å²) in [4.78, 5) is 5.01. The Morgan fingerprint density at radius 1 is 0.879 bits per heavy atom. The van der Waals surface area contributed by atoms with Gasteiger partial charge in [0.15, 0.2) is 0 Å². The van der Waals surface area contributed by atoms with E-state index in [4.69, 9.17) is 16.1 Å². The third-order valence-corrected chi connectivity index (χ3v) is 8.16. The zero-order chi connectivity index (χ0) is 22.4. The molecule has 0 aromatic heterocycles. The van der Waals surface area contributed by atoms with E-state index in [0.29, 0.717) is 11.8 Å². The van der Waals surface area contributed by atoms with Crippen LogP contribution in [-0.2, 0) is 6.42 Å². The van der Waals surface area contributed by atoms with E-state index in [0.717, 1.165) is 29.8 Å². The summed E-state index contributed by atoms with van der Waals surface area (Å²) >= 11 is 0. The Kier molecular flexibility index (Phi) is 5.28. The second-order valence-electron chi connectivity index (χ2n) is 10.4. The molecule has 0 saturated heterocycles. The van der Waals surface area contributed by atoms with Crippen LogP contribution < -0.4 is 5.73 Å².